The second-order valence-corrected chi connectivity index (χ2v) is 17.7. The van der Waals surface area contributed by atoms with Gasteiger partial charge in [-0.25, -0.2) is 0 Å². The zero-order valence-corrected chi connectivity index (χ0v) is 28.8. The van der Waals surface area contributed by atoms with Gasteiger partial charge in [0.25, 0.3) is 0 Å². The van der Waals surface area contributed by atoms with Crippen LogP contribution in [-0.4, -0.2) is 109 Å². The van der Waals surface area contributed by atoms with Crippen LogP contribution in [0.1, 0.15) is 92.4 Å². The lowest BCUT2D eigenvalue weighted by molar-refractivity contribution is -0.340. The molecule has 0 spiro atoms. The molecule has 5 fully saturated rings. The number of hydrogen-bond donors (Lipinski definition) is 8. The Hall–Kier alpha value is -1.64. The molecule has 1 saturated heterocycles. The number of allylic oxidation sites excluding steroid dienone is 1. The van der Waals surface area contributed by atoms with Crippen LogP contribution in [0.5, 0.6) is 0 Å². The zero-order chi connectivity index (χ0) is 35.4. The van der Waals surface area contributed by atoms with Gasteiger partial charge in [-0.05, 0) is 98.7 Å². The van der Waals surface area contributed by atoms with Gasteiger partial charge in [-0.2, -0.15) is 0 Å². The fourth-order valence-electron chi connectivity index (χ4n) is 12.4. The van der Waals surface area contributed by atoms with Crippen LogP contribution in [-0.2, 0) is 19.1 Å². The average molecular weight is 681 g/mol. The highest BCUT2D eigenvalue weighted by atomic mass is 16.7. The topological polar surface area (TPSA) is 214 Å². The number of rotatable bonds is 6. The number of carboxylic acid groups (broad SMARTS) is 2. The van der Waals surface area contributed by atoms with Crippen LogP contribution >= 0.6 is 0 Å². The lowest BCUT2D eigenvalue weighted by atomic mass is 9.33. The highest BCUT2D eigenvalue weighted by Crippen LogP contribution is 2.76. The number of ether oxygens (including phenoxy) is 2. The predicted octanol–water partition coefficient (Wildman–Crippen LogP) is 2.07. The molecule has 0 amide bonds. The molecule has 8 N–H and O–H groups in total. The summed E-state index contributed by atoms with van der Waals surface area (Å²) < 4.78 is 11.7. The average Bonchev–Trinajstić information content (AvgIpc) is 3.01. The summed E-state index contributed by atoms with van der Waals surface area (Å²) in [5, 5.41) is 85.8. The van der Waals surface area contributed by atoms with E-state index in [9.17, 15) is 50.4 Å². The lowest BCUT2D eigenvalue weighted by Crippen LogP contribution is -2.71. The Balaban J connectivity index is 1.38. The van der Waals surface area contributed by atoms with Crippen molar-refractivity contribution in [3.05, 3.63) is 11.6 Å². The minimum Gasteiger partial charge on any atom is -0.481 e. The van der Waals surface area contributed by atoms with Gasteiger partial charge in [-0.1, -0.05) is 39.3 Å². The summed E-state index contributed by atoms with van der Waals surface area (Å²) >= 11 is 0. The summed E-state index contributed by atoms with van der Waals surface area (Å²) in [5.41, 5.74) is -3.46. The van der Waals surface area contributed by atoms with Crippen LogP contribution in [0.3, 0.4) is 0 Å². The normalized spacial score (nSPS) is 52.9. The van der Waals surface area contributed by atoms with E-state index in [1.54, 1.807) is 6.92 Å². The molecule has 15 atom stereocenters. The lowest BCUT2D eigenvalue weighted by Gasteiger charge is -2.71. The van der Waals surface area contributed by atoms with Crippen molar-refractivity contribution in [1.82, 2.24) is 0 Å². The maximum absolute atomic E-state index is 13.4. The van der Waals surface area contributed by atoms with Crippen LogP contribution in [0.15, 0.2) is 11.6 Å². The Kier molecular flexibility index (Phi) is 8.81. The Bertz CT molecular complexity index is 1330. The molecule has 6 rings (SSSR count). The van der Waals surface area contributed by atoms with Crippen LogP contribution < -0.4 is 0 Å². The van der Waals surface area contributed by atoms with E-state index in [0.29, 0.717) is 38.5 Å². The number of fused-ring (bicyclic) bond motifs is 7. The summed E-state index contributed by atoms with van der Waals surface area (Å²) in [7, 11) is 0. The van der Waals surface area contributed by atoms with Crippen molar-refractivity contribution in [2.24, 2.45) is 50.2 Å². The number of carbonyl (C=O) groups is 2. The molecular formula is C36H56O12. The van der Waals surface area contributed by atoms with E-state index < -0.39 is 94.5 Å². The van der Waals surface area contributed by atoms with Crippen molar-refractivity contribution in [3.63, 3.8) is 0 Å². The SMILES string of the molecule is CC1(C)CC[C@]2(C(=O)O)CC[C@]3(CO)C(=CC[C@@H]4[C@@]5(C)C[C@H](O)[C@@H](O[C@@H]6O[C@H](CO)[C@@H](O)[C@H](O)[C@H]6O)[C@@](C)(C(=O)O)[C@@H]5CC[C@]43C)[C@H]2C1. The molecule has 0 bridgehead atoms. The molecular weight excluding hydrogens is 624 g/mol. The summed E-state index contributed by atoms with van der Waals surface area (Å²) in [6.07, 6.45) is -3.56. The molecule has 6 aliphatic rings. The highest BCUT2D eigenvalue weighted by Gasteiger charge is 2.73. The van der Waals surface area contributed by atoms with Gasteiger partial charge >= 0.3 is 11.9 Å². The fraction of sp³-hybridized carbons (Fsp3) is 0.889. The second-order valence-electron chi connectivity index (χ2n) is 17.7. The van der Waals surface area contributed by atoms with Crippen molar-refractivity contribution in [1.29, 1.82) is 0 Å². The maximum Gasteiger partial charge on any atom is 0.312 e. The first-order valence-electron chi connectivity index (χ1n) is 17.7. The number of carboxylic acids is 2. The third-order valence-electron chi connectivity index (χ3n) is 15.2. The van der Waals surface area contributed by atoms with Gasteiger partial charge in [-0.15, -0.1) is 0 Å². The van der Waals surface area contributed by atoms with Crippen molar-refractivity contribution in [2.75, 3.05) is 13.2 Å². The Morgan fingerprint density at radius 1 is 0.854 bits per heavy atom. The molecule has 0 radical (unpaired) electrons. The third kappa shape index (κ3) is 4.69. The zero-order valence-electron chi connectivity index (χ0n) is 28.8. The first kappa shape index (κ1) is 36.2. The minimum absolute atomic E-state index is 0.0445. The molecule has 48 heavy (non-hydrogen) atoms. The molecule has 0 aromatic heterocycles. The summed E-state index contributed by atoms with van der Waals surface area (Å²) in [4.78, 5) is 26.3. The van der Waals surface area contributed by atoms with Gasteiger partial charge in [0.15, 0.2) is 6.29 Å². The van der Waals surface area contributed by atoms with Crippen LogP contribution in [0.4, 0.5) is 0 Å². The predicted molar refractivity (Wildman–Crippen MR) is 170 cm³/mol. The van der Waals surface area contributed by atoms with Crippen molar-refractivity contribution in [3.8, 4) is 0 Å². The van der Waals surface area contributed by atoms with Gasteiger partial charge in [0.1, 0.15) is 30.5 Å². The van der Waals surface area contributed by atoms with Gasteiger partial charge in [0, 0.05) is 5.41 Å². The number of aliphatic hydroxyl groups is 6. The van der Waals surface area contributed by atoms with E-state index in [1.807, 2.05) is 6.92 Å². The monoisotopic (exact) mass is 680 g/mol. The number of aliphatic carboxylic acids is 2. The minimum atomic E-state index is -1.75. The fourth-order valence-corrected chi connectivity index (χ4v) is 12.4. The standard InChI is InChI=1S/C36H56O12/c1-31(2)10-11-35(30(45)46)12-13-36(17-38)18(19(35)14-31)6-7-22-32(3)15-20(39)27(34(5,29(43)44)23(32)8-9-33(22,36)4)48-28-26(42)25(41)24(40)21(16-37)47-28/h6,19-28,37-42H,7-17H2,1-5H3,(H,43,44)(H,45,46)/t19-,20+,21-,22-,23-,24-,25+,26-,27-,28+,32-,33-,34+,35+,36+/m1/s1. The quantitative estimate of drug-likeness (QED) is 0.150. The Morgan fingerprint density at radius 3 is 2.12 bits per heavy atom. The number of hydrogen-bond acceptors (Lipinski definition) is 10. The van der Waals surface area contributed by atoms with E-state index in [2.05, 4.69) is 26.8 Å². The van der Waals surface area contributed by atoms with Gasteiger partial charge in [0.05, 0.1) is 30.1 Å². The van der Waals surface area contributed by atoms with E-state index in [1.165, 1.54) is 0 Å². The van der Waals surface area contributed by atoms with E-state index in [4.69, 9.17) is 9.47 Å². The van der Waals surface area contributed by atoms with Crippen LogP contribution in [0.2, 0.25) is 0 Å². The van der Waals surface area contributed by atoms with E-state index >= 15 is 0 Å². The molecule has 12 heteroatoms. The second kappa shape index (κ2) is 11.7. The molecule has 0 aromatic rings. The van der Waals surface area contributed by atoms with Crippen LogP contribution in [0.25, 0.3) is 0 Å². The first-order valence-corrected chi connectivity index (χ1v) is 17.7. The summed E-state index contributed by atoms with van der Waals surface area (Å²) in [5.74, 6) is -2.81. The third-order valence-corrected chi connectivity index (χ3v) is 15.2. The maximum atomic E-state index is 13.4. The molecule has 5 aliphatic carbocycles. The molecule has 4 saturated carbocycles. The molecule has 0 aromatic carbocycles. The molecule has 12 nitrogen and oxygen atoms in total. The molecule has 272 valence electrons. The van der Waals surface area contributed by atoms with Crippen molar-refractivity contribution in [2.45, 2.75) is 135 Å². The highest BCUT2D eigenvalue weighted by molar-refractivity contribution is 5.77. The Morgan fingerprint density at radius 2 is 1.52 bits per heavy atom. The van der Waals surface area contributed by atoms with Gasteiger partial charge in [-0.3, -0.25) is 9.59 Å². The van der Waals surface area contributed by atoms with Gasteiger partial charge in [0.2, 0.25) is 0 Å². The molecule has 1 aliphatic heterocycles. The largest absolute Gasteiger partial charge is 0.481 e. The van der Waals surface area contributed by atoms with E-state index in [-0.39, 0.29) is 30.3 Å². The molecule has 0 unspecified atom stereocenters. The summed E-state index contributed by atoms with van der Waals surface area (Å²) in [6, 6.07) is 0. The summed E-state index contributed by atoms with van der Waals surface area (Å²) in [6.45, 7) is 9.33. The number of aliphatic hydroxyl groups excluding tert-OH is 6. The van der Waals surface area contributed by atoms with Crippen molar-refractivity contribution >= 4 is 11.9 Å². The smallest absolute Gasteiger partial charge is 0.312 e. The first-order chi connectivity index (χ1) is 22.3. The van der Waals surface area contributed by atoms with Gasteiger partial charge < -0.3 is 50.3 Å². The van der Waals surface area contributed by atoms with Crippen molar-refractivity contribution < 1.29 is 59.9 Å². The Labute approximate surface area is 282 Å². The van der Waals surface area contributed by atoms with Crippen LogP contribution in [0, 0.1) is 50.2 Å². The molecule has 1 heterocycles. The van der Waals surface area contributed by atoms with E-state index in [0.717, 1.165) is 18.4 Å².